The summed E-state index contributed by atoms with van der Waals surface area (Å²) < 4.78 is 1.85. The maximum Gasteiger partial charge on any atom is 0.263 e. The third kappa shape index (κ3) is 3.13. The van der Waals surface area contributed by atoms with Gasteiger partial charge in [-0.2, -0.15) is 0 Å². The number of hydrogen-bond acceptors (Lipinski definition) is 1. The van der Waals surface area contributed by atoms with E-state index in [1.807, 2.05) is 47.0 Å². The van der Waals surface area contributed by atoms with Crippen LogP contribution in [0.3, 0.4) is 0 Å². The normalized spacial score (nSPS) is 13.5. The van der Waals surface area contributed by atoms with Crippen molar-refractivity contribution in [3.05, 3.63) is 196 Å². The SMILES string of the molecule is O=c1c2ccccc2c2ccccc2n1-c1ccc(-c2cccc3c2-c2ccccc2C32c3ccccc3-c3ccccc32)cc1. The van der Waals surface area contributed by atoms with Gasteiger partial charge in [0, 0.05) is 16.5 Å². The van der Waals surface area contributed by atoms with E-state index in [2.05, 4.69) is 121 Å². The van der Waals surface area contributed by atoms with Gasteiger partial charge in [-0.25, -0.2) is 0 Å². The van der Waals surface area contributed by atoms with Crippen molar-refractivity contribution in [3.63, 3.8) is 0 Å². The fraction of sp³-hybridized carbons (Fsp3) is 0.0227. The first kappa shape index (κ1) is 25.3. The van der Waals surface area contributed by atoms with Crippen LogP contribution in [0.1, 0.15) is 22.3 Å². The second-order valence-electron chi connectivity index (χ2n) is 12.4. The predicted octanol–water partition coefficient (Wildman–Crippen LogP) is 10.2. The van der Waals surface area contributed by atoms with E-state index in [1.165, 1.54) is 50.1 Å². The van der Waals surface area contributed by atoms with E-state index >= 15 is 0 Å². The van der Waals surface area contributed by atoms with Gasteiger partial charge >= 0.3 is 0 Å². The topological polar surface area (TPSA) is 22.0 Å². The van der Waals surface area contributed by atoms with Crippen LogP contribution in [0, 0.1) is 0 Å². The van der Waals surface area contributed by atoms with Crippen LogP contribution in [0.2, 0.25) is 0 Å². The van der Waals surface area contributed by atoms with E-state index in [4.69, 9.17) is 0 Å². The highest BCUT2D eigenvalue weighted by Gasteiger charge is 2.51. The number of fused-ring (bicyclic) bond motifs is 13. The number of hydrogen-bond donors (Lipinski definition) is 0. The Kier molecular flexibility index (Phi) is 5.10. The molecule has 7 aromatic carbocycles. The molecule has 2 nitrogen and oxygen atoms in total. The third-order valence-corrected chi connectivity index (χ3v) is 10.3. The number of benzene rings is 7. The first-order valence-corrected chi connectivity index (χ1v) is 15.8. The Labute approximate surface area is 266 Å². The van der Waals surface area contributed by atoms with Gasteiger partial charge in [-0.05, 0) is 85.3 Å². The zero-order valence-electron chi connectivity index (χ0n) is 24.9. The summed E-state index contributed by atoms with van der Waals surface area (Å²) in [5, 5.41) is 2.78. The number of nitrogens with zero attached hydrogens (tertiary/aromatic N) is 1. The van der Waals surface area contributed by atoms with E-state index in [0.29, 0.717) is 0 Å². The highest BCUT2D eigenvalue weighted by Crippen LogP contribution is 2.63. The summed E-state index contributed by atoms with van der Waals surface area (Å²) >= 11 is 0. The van der Waals surface area contributed by atoms with Gasteiger partial charge in [-0.15, -0.1) is 0 Å². The Balaban J connectivity index is 1.20. The van der Waals surface area contributed by atoms with E-state index in [0.717, 1.165) is 32.9 Å². The molecule has 0 amide bonds. The lowest BCUT2D eigenvalue weighted by Gasteiger charge is -2.30. The van der Waals surface area contributed by atoms with Gasteiger partial charge in [0.15, 0.2) is 0 Å². The summed E-state index contributed by atoms with van der Waals surface area (Å²) in [7, 11) is 0. The minimum atomic E-state index is -0.369. The van der Waals surface area contributed by atoms with E-state index in [1.54, 1.807) is 0 Å². The monoisotopic (exact) mass is 585 g/mol. The first-order valence-electron chi connectivity index (χ1n) is 15.8. The van der Waals surface area contributed by atoms with Crippen molar-refractivity contribution in [1.82, 2.24) is 4.57 Å². The molecule has 0 fully saturated rings. The van der Waals surface area contributed by atoms with Crippen LogP contribution in [-0.4, -0.2) is 4.57 Å². The van der Waals surface area contributed by atoms with Gasteiger partial charge in [-0.3, -0.25) is 9.36 Å². The third-order valence-electron chi connectivity index (χ3n) is 10.3. The van der Waals surface area contributed by atoms with Crippen molar-refractivity contribution in [3.8, 4) is 39.1 Å². The zero-order chi connectivity index (χ0) is 30.4. The molecule has 1 spiro atoms. The highest BCUT2D eigenvalue weighted by atomic mass is 16.1. The number of pyridine rings is 1. The number of aromatic nitrogens is 1. The standard InChI is InChI=1S/C44H27NO/c46-43-35-16-2-1-12-31(35)34-15-6-10-23-41(34)45(43)29-26-24-28(25-27-29)30-18-11-22-40-42(30)36-17-5-9-21-39(36)44(40)37-19-7-3-13-32(37)33-14-4-8-20-38(33)44/h1-27H. The summed E-state index contributed by atoms with van der Waals surface area (Å²) in [6.07, 6.45) is 0. The molecule has 0 saturated heterocycles. The molecule has 10 rings (SSSR count). The predicted molar refractivity (Wildman–Crippen MR) is 189 cm³/mol. The van der Waals surface area contributed by atoms with Crippen LogP contribution in [-0.2, 0) is 5.41 Å². The molecular formula is C44H27NO. The lowest BCUT2D eigenvalue weighted by molar-refractivity contribution is 0.794. The van der Waals surface area contributed by atoms with E-state index in [9.17, 15) is 4.79 Å². The van der Waals surface area contributed by atoms with Gasteiger partial charge in [0.05, 0.1) is 10.9 Å². The van der Waals surface area contributed by atoms with Crippen molar-refractivity contribution in [2.45, 2.75) is 5.41 Å². The summed E-state index contributed by atoms with van der Waals surface area (Å²) in [4.78, 5) is 13.9. The molecule has 8 aromatic rings. The first-order chi connectivity index (χ1) is 22.8. The maximum atomic E-state index is 13.9. The minimum Gasteiger partial charge on any atom is -0.276 e. The van der Waals surface area contributed by atoms with Crippen molar-refractivity contribution in [2.24, 2.45) is 0 Å². The molecule has 0 radical (unpaired) electrons. The Morgan fingerprint density at radius 2 is 0.891 bits per heavy atom. The van der Waals surface area contributed by atoms with Crippen LogP contribution in [0.15, 0.2) is 169 Å². The average molecular weight is 586 g/mol. The smallest absolute Gasteiger partial charge is 0.263 e. The molecular weight excluding hydrogens is 558 g/mol. The molecule has 0 N–H and O–H groups in total. The summed E-state index contributed by atoms with van der Waals surface area (Å²) in [6.45, 7) is 0. The second kappa shape index (κ2) is 9.26. The quantitative estimate of drug-likeness (QED) is 0.185. The van der Waals surface area contributed by atoms with Crippen LogP contribution < -0.4 is 5.56 Å². The van der Waals surface area contributed by atoms with Crippen molar-refractivity contribution >= 4 is 21.7 Å². The summed E-state index contributed by atoms with van der Waals surface area (Å²) in [5.41, 5.74) is 14.3. The lowest BCUT2D eigenvalue weighted by atomic mass is 9.70. The van der Waals surface area contributed by atoms with Crippen LogP contribution >= 0.6 is 0 Å². The fourth-order valence-electron chi connectivity index (χ4n) is 8.46. The average Bonchev–Trinajstić information content (AvgIpc) is 3.60. The Morgan fingerprint density at radius 3 is 1.59 bits per heavy atom. The molecule has 2 aliphatic rings. The minimum absolute atomic E-state index is 0.00270. The summed E-state index contributed by atoms with van der Waals surface area (Å²) in [6, 6.07) is 58.1. The molecule has 1 heterocycles. The Morgan fingerprint density at radius 1 is 0.391 bits per heavy atom. The van der Waals surface area contributed by atoms with Crippen molar-refractivity contribution < 1.29 is 0 Å². The molecule has 0 unspecified atom stereocenters. The Hall–Kier alpha value is -5.99. The van der Waals surface area contributed by atoms with Gasteiger partial charge in [0.25, 0.3) is 5.56 Å². The molecule has 0 saturated carbocycles. The molecule has 2 heteroatoms. The fourth-order valence-corrected chi connectivity index (χ4v) is 8.46. The van der Waals surface area contributed by atoms with E-state index in [-0.39, 0.29) is 11.0 Å². The van der Waals surface area contributed by atoms with Gasteiger partial charge in [-0.1, -0.05) is 140 Å². The van der Waals surface area contributed by atoms with Crippen LogP contribution in [0.4, 0.5) is 0 Å². The van der Waals surface area contributed by atoms with Crippen molar-refractivity contribution in [1.29, 1.82) is 0 Å². The van der Waals surface area contributed by atoms with E-state index < -0.39 is 0 Å². The van der Waals surface area contributed by atoms with Crippen LogP contribution in [0.25, 0.3) is 60.7 Å². The molecule has 1 aromatic heterocycles. The molecule has 2 aliphatic carbocycles. The Bertz CT molecular complexity index is 2560. The van der Waals surface area contributed by atoms with Gasteiger partial charge in [0.1, 0.15) is 0 Å². The second-order valence-corrected chi connectivity index (χ2v) is 12.4. The number of para-hydroxylation sites is 1. The van der Waals surface area contributed by atoms with Gasteiger partial charge < -0.3 is 0 Å². The molecule has 0 bridgehead atoms. The molecule has 214 valence electrons. The largest absolute Gasteiger partial charge is 0.276 e. The molecule has 0 aliphatic heterocycles. The highest BCUT2D eigenvalue weighted by molar-refractivity contribution is 6.06. The molecule has 46 heavy (non-hydrogen) atoms. The number of rotatable bonds is 2. The lowest BCUT2D eigenvalue weighted by Crippen LogP contribution is -2.25. The summed E-state index contributed by atoms with van der Waals surface area (Å²) in [5.74, 6) is 0. The zero-order valence-corrected chi connectivity index (χ0v) is 24.9. The van der Waals surface area contributed by atoms with Gasteiger partial charge in [0.2, 0.25) is 0 Å². The molecule has 0 atom stereocenters. The van der Waals surface area contributed by atoms with Crippen molar-refractivity contribution in [2.75, 3.05) is 0 Å². The maximum absolute atomic E-state index is 13.9. The van der Waals surface area contributed by atoms with Crippen LogP contribution in [0.5, 0.6) is 0 Å².